The average molecular weight is 376 g/mol. The maximum Gasteiger partial charge on any atom is 0.166 e. The molecule has 0 saturated carbocycles. The van der Waals surface area contributed by atoms with E-state index in [9.17, 15) is 4.39 Å². The third kappa shape index (κ3) is 6.71. The van der Waals surface area contributed by atoms with Gasteiger partial charge in [-0.15, -0.1) is 0 Å². The molecule has 0 aromatic heterocycles. The van der Waals surface area contributed by atoms with Crippen LogP contribution >= 0.6 is 11.9 Å². The Kier molecular flexibility index (Phi) is 7.50. The van der Waals surface area contributed by atoms with E-state index in [1.807, 2.05) is 51.4 Å². The topological polar surface area (TPSA) is 41.7 Å². The van der Waals surface area contributed by atoms with Gasteiger partial charge in [-0.3, -0.25) is 0 Å². The fourth-order valence-corrected chi connectivity index (χ4v) is 3.19. The van der Waals surface area contributed by atoms with E-state index < -0.39 is 5.82 Å². The van der Waals surface area contributed by atoms with Crippen molar-refractivity contribution < 1.29 is 9.13 Å². The number of rotatable bonds is 9. The molecule has 0 spiro atoms. The molecule has 6 heteroatoms. The highest BCUT2D eigenvalue weighted by molar-refractivity contribution is 7.97. The van der Waals surface area contributed by atoms with Crippen molar-refractivity contribution in [3.63, 3.8) is 0 Å². The Hall–Kier alpha value is -2.02. The highest BCUT2D eigenvalue weighted by Crippen LogP contribution is 2.30. The molecule has 0 atom stereocenters. The number of halogens is 1. The van der Waals surface area contributed by atoms with E-state index >= 15 is 0 Å². The molecular weight excluding hydrogens is 349 g/mol. The number of benzene rings is 2. The number of ether oxygens (including phenoxy) is 1. The summed E-state index contributed by atoms with van der Waals surface area (Å²) in [6.45, 7) is 7.96. The Morgan fingerprint density at radius 3 is 2.42 bits per heavy atom. The number of hydrogen-bond donors (Lipinski definition) is 1. The van der Waals surface area contributed by atoms with Gasteiger partial charge in [0.2, 0.25) is 0 Å². The summed E-state index contributed by atoms with van der Waals surface area (Å²) in [7, 11) is 4.02. The first-order valence-electron chi connectivity index (χ1n) is 8.38. The van der Waals surface area contributed by atoms with E-state index in [0.717, 1.165) is 23.5 Å². The quantitative estimate of drug-likeness (QED) is 0.663. The first-order valence-corrected chi connectivity index (χ1v) is 9.16. The van der Waals surface area contributed by atoms with Gasteiger partial charge in [0.15, 0.2) is 11.6 Å². The number of aryl methyl sites for hydroxylation is 1. The van der Waals surface area contributed by atoms with Crippen molar-refractivity contribution in [1.82, 2.24) is 9.21 Å². The van der Waals surface area contributed by atoms with Gasteiger partial charge in [0.1, 0.15) is 5.75 Å². The number of nitrogens with zero attached hydrogens (tertiary/aromatic N) is 2. The molecule has 0 radical (unpaired) electrons. The number of likely N-dealkylation sites (N-methyl/N-ethyl adjacent to an activating group) is 1. The Morgan fingerprint density at radius 1 is 1.15 bits per heavy atom. The molecular formula is C20H26FN3OS. The van der Waals surface area contributed by atoms with Gasteiger partial charge in [-0.05, 0) is 63.3 Å². The normalized spacial score (nSPS) is 11.2. The van der Waals surface area contributed by atoms with Crippen LogP contribution in [0.3, 0.4) is 0 Å². The smallest absolute Gasteiger partial charge is 0.166 e. The van der Waals surface area contributed by atoms with Crippen LogP contribution in [0, 0.1) is 12.7 Å². The molecule has 0 saturated heterocycles. The third-order valence-electron chi connectivity index (χ3n) is 3.56. The second-order valence-electron chi connectivity index (χ2n) is 6.42. The maximum atomic E-state index is 14.4. The molecule has 140 valence electrons. The maximum absolute atomic E-state index is 14.4. The molecule has 0 aliphatic carbocycles. The van der Waals surface area contributed by atoms with E-state index in [1.165, 1.54) is 18.0 Å². The fraction of sp³-hybridized carbons (Fsp3) is 0.300. The summed E-state index contributed by atoms with van der Waals surface area (Å²) in [5, 5.41) is 0. The zero-order valence-corrected chi connectivity index (χ0v) is 16.4. The SMILES string of the molecule is C=C(N)CN(CCN(C)C)Sc1ccc(Oc2ccc(C)cc2)c(F)c1. The van der Waals surface area contributed by atoms with Crippen molar-refractivity contribution in [2.24, 2.45) is 5.73 Å². The van der Waals surface area contributed by atoms with E-state index in [4.69, 9.17) is 10.5 Å². The Bertz CT molecular complexity index is 734. The Balaban J connectivity index is 2.06. The van der Waals surface area contributed by atoms with Crippen molar-refractivity contribution in [2.45, 2.75) is 11.8 Å². The molecule has 4 nitrogen and oxygen atoms in total. The number of hydrogen-bond acceptors (Lipinski definition) is 5. The molecule has 0 aliphatic rings. The predicted molar refractivity (Wildman–Crippen MR) is 107 cm³/mol. The first-order chi connectivity index (χ1) is 12.3. The van der Waals surface area contributed by atoms with Crippen LogP contribution < -0.4 is 10.5 Å². The van der Waals surface area contributed by atoms with Gasteiger partial charge < -0.3 is 15.4 Å². The van der Waals surface area contributed by atoms with E-state index in [-0.39, 0.29) is 5.75 Å². The third-order valence-corrected chi connectivity index (χ3v) is 4.60. The standard InChI is InChI=1S/C20H26FN3OS/c1-15-5-7-17(8-6-15)25-20-10-9-18(13-19(20)21)26-24(14-16(2)22)12-11-23(3)4/h5-10,13H,2,11-12,14,22H2,1,3-4H3. The van der Waals surface area contributed by atoms with Crippen molar-refractivity contribution in [1.29, 1.82) is 0 Å². The molecule has 0 unspecified atom stereocenters. The van der Waals surface area contributed by atoms with Gasteiger partial charge >= 0.3 is 0 Å². The molecule has 0 bridgehead atoms. The van der Waals surface area contributed by atoms with Gasteiger partial charge in [0, 0.05) is 30.2 Å². The highest BCUT2D eigenvalue weighted by Gasteiger charge is 2.12. The summed E-state index contributed by atoms with van der Waals surface area (Å²) in [6.07, 6.45) is 0. The molecule has 2 N–H and O–H groups in total. The lowest BCUT2D eigenvalue weighted by Crippen LogP contribution is -2.29. The zero-order chi connectivity index (χ0) is 19.1. The van der Waals surface area contributed by atoms with Gasteiger partial charge in [-0.1, -0.05) is 24.3 Å². The molecule has 0 fully saturated rings. The summed E-state index contributed by atoms with van der Waals surface area (Å²) in [5.41, 5.74) is 7.46. The van der Waals surface area contributed by atoms with E-state index in [0.29, 0.717) is 18.0 Å². The van der Waals surface area contributed by atoms with Crippen LogP contribution in [-0.2, 0) is 0 Å². The van der Waals surface area contributed by atoms with Crippen LogP contribution in [0.25, 0.3) is 0 Å². The first kappa shape index (κ1) is 20.3. The zero-order valence-electron chi connectivity index (χ0n) is 15.5. The molecule has 0 heterocycles. The van der Waals surface area contributed by atoms with E-state index in [2.05, 4.69) is 15.8 Å². The minimum Gasteiger partial charge on any atom is -0.454 e. The Morgan fingerprint density at radius 2 is 1.85 bits per heavy atom. The summed E-state index contributed by atoms with van der Waals surface area (Å²) in [4.78, 5) is 2.88. The monoisotopic (exact) mass is 375 g/mol. The van der Waals surface area contributed by atoms with Crippen LogP contribution in [0.15, 0.2) is 59.6 Å². The molecule has 2 aromatic rings. The lowest BCUT2D eigenvalue weighted by molar-refractivity contribution is 0.360. The molecule has 2 rings (SSSR count). The molecule has 26 heavy (non-hydrogen) atoms. The largest absolute Gasteiger partial charge is 0.454 e. The minimum atomic E-state index is -0.394. The van der Waals surface area contributed by atoms with Crippen LogP contribution in [0.1, 0.15) is 5.56 Å². The second kappa shape index (κ2) is 9.62. The summed E-state index contributed by atoms with van der Waals surface area (Å²) in [5.74, 6) is 0.429. The van der Waals surface area contributed by atoms with Gasteiger partial charge in [0.05, 0.1) is 0 Å². The minimum absolute atomic E-state index is 0.210. The summed E-state index contributed by atoms with van der Waals surface area (Å²) < 4.78 is 22.1. The highest BCUT2D eigenvalue weighted by atomic mass is 32.2. The summed E-state index contributed by atoms with van der Waals surface area (Å²) in [6, 6.07) is 12.5. The van der Waals surface area contributed by atoms with Crippen molar-refractivity contribution in [3.8, 4) is 11.5 Å². The van der Waals surface area contributed by atoms with Crippen LogP contribution in [0.2, 0.25) is 0 Å². The fourth-order valence-electron chi connectivity index (χ4n) is 2.20. The van der Waals surface area contributed by atoms with Gasteiger partial charge in [-0.25, -0.2) is 8.70 Å². The van der Waals surface area contributed by atoms with Crippen LogP contribution in [0.5, 0.6) is 11.5 Å². The summed E-state index contributed by atoms with van der Waals surface area (Å²) >= 11 is 1.46. The van der Waals surface area contributed by atoms with Crippen molar-refractivity contribution in [2.75, 3.05) is 33.7 Å². The molecule has 2 aromatic carbocycles. The lowest BCUT2D eigenvalue weighted by Gasteiger charge is -2.23. The average Bonchev–Trinajstić information content (AvgIpc) is 2.56. The molecule has 0 aliphatic heterocycles. The lowest BCUT2D eigenvalue weighted by atomic mass is 10.2. The van der Waals surface area contributed by atoms with Crippen LogP contribution in [0.4, 0.5) is 4.39 Å². The van der Waals surface area contributed by atoms with E-state index in [1.54, 1.807) is 6.07 Å². The second-order valence-corrected chi connectivity index (χ2v) is 7.59. The van der Waals surface area contributed by atoms with Crippen LogP contribution in [-0.4, -0.2) is 42.9 Å². The molecule has 0 amide bonds. The van der Waals surface area contributed by atoms with Gasteiger partial charge in [0.25, 0.3) is 0 Å². The van der Waals surface area contributed by atoms with Gasteiger partial charge in [-0.2, -0.15) is 0 Å². The van der Waals surface area contributed by atoms with Crippen molar-refractivity contribution >= 4 is 11.9 Å². The predicted octanol–water partition coefficient (Wildman–Crippen LogP) is 4.27. The Labute approximate surface area is 159 Å². The number of nitrogens with two attached hydrogens (primary N) is 1. The van der Waals surface area contributed by atoms with Crippen molar-refractivity contribution in [3.05, 3.63) is 66.1 Å².